The van der Waals surface area contributed by atoms with Crippen molar-refractivity contribution in [3.8, 4) is 0 Å². The Morgan fingerprint density at radius 2 is 1.68 bits per heavy atom. The molecular formula is C17H19NO7. The summed E-state index contributed by atoms with van der Waals surface area (Å²) in [5.41, 5.74) is 1.04. The highest BCUT2D eigenvalue weighted by atomic mass is 16.5. The monoisotopic (exact) mass is 349 g/mol. The van der Waals surface area contributed by atoms with Crippen molar-refractivity contribution in [2.24, 2.45) is 0 Å². The number of anilines is 1. The number of methoxy groups -OCH3 is 2. The maximum absolute atomic E-state index is 12.2. The number of nitrogens with zero attached hydrogens (tertiary/aromatic N) is 1. The predicted octanol–water partition coefficient (Wildman–Crippen LogP) is 1.26. The molecule has 0 fully saturated rings. The highest BCUT2D eigenvalue weighted by Gasteiger charge is 2.32. The maximum atomic E-state index is 12.2. The molecule has 1 aliphatic heterocycles. The Kier molecular flexibility index (Phi) is 6.13. The number of benzene rings is 1. The zero-order chi connectivity index (χ0) is 18.4. The first-order chi connectivity index (χ1) is 12.0. The minimum atomic E-state index is -0.682. The molecular weight excluding hydrogens is 330 g/mol. The summed E-state index contributed by atoms with van der Waals surface area (Å²) < 4.78 is 19.8. The summed E-state index contributed by atoms with van der Waals surface area (Å²) in [6, 6.07) is 6.38. The summed E-state index contributed by atoms with van der Waals surface area (Å²) >= 11 is 0. The van der Waals surface area contributed by atoms with Crippen LogP contribution in [0.2, 0.25) is 0 Å². The summed E-state index contributed by atoms with van der Waals surface area (Å²) in [5.74, 6) is -1.80. The molecule has 0 amide bonds. The van der Waals surface area contributed by atoms with E-state index in [0.717, 1.165) is 0 Å². The van der Waals surface area contributed by atoms with Crippen molar-refractivity contribution >= 4 is 23.6 Å². The summed E-state index contributed by atoms with van der Waals surface area (Å²) in [6.45, 7) is 1.98. The quantitative estimate of drug-likeness (QED) is 0.579. The standard InChI is InChI=1S/C17H19NO7/c1-4-25-15(19)11-5-7-12(8-6-11)18-10-24-9-13(16(20)22-2)14(18)17(21)23-3/h5-8H,4,9-10H2,1-3H3. The van der Waals surface area contributed by atoms with E-state index in [2.05, 4.69) is 0 Å². The fourth-order valence-corrected chi connectivity index (χ4v) is 2.34. The summed E-state index contributed by atoms with van der Waals surface area (Å²) in [5, 5.41) is 0. The predicted molar refractivity (Wildman–Crippen MR) is 86.8 cm³/mol. The summed E-state index contributed by atoms with van der Waals surface area (Å²) in [4.78, 5) is 37.3. The number of hydrogen-bond donors (Lipinski definition) is 0. The topological polar surface area (TPSA) is 91.4 Å². The smallest absolute Gasteiger partial charge is 0.355 e. The van der Waals surface area contributed by atoms with E-state index in [9.17, 15) is 14.4 Å². The van der Waals surface area contributed by atoms with Crippen molar-refractivity contribution in [1.82, 2.24) is 0 Å². The second-order valence-corrected chi connectivity index (χ2v) is 4.98. The first-order valence-corrected chi connectivity index (χ1v) is 7.55. The Morgan fingerprint density at radius 1 is 1.04 bits per heavy atom. The highest BCUT2D eigenvalue weighted by molar-refractivity contribution is 6.03. The van der Waals surface area contributed by atoms with E-state index in [0.29, 0.717) is 11.3 Å². The van der Waals surface area contributed by atoms with Crippen LogP contribution in [0.3, 0.4) is 0 Å². The van der Waals surface area contributed by atoms with Gasteiger partial charge in [-0.3, -0.25) is 0 Å². The van der Waals surface area contributed by atoms with Gasteiger partial charge in [0.15, 0.2) is 0 Å². The second-order valence-electron chi connectivity index (χ2n) is 4.98. The van der Waals surface area contributed by atoms with E-state index >= 15 is 0 Å². The molecule has 2 rings (SSSR count). The molecule has 0 aromatic heterocycles. The van der Waals surface area contributed by atoms with Crippen LogP contribution in [-0.4, -0.2) is 52.1 Å². The van der Waals surface area contributed by atoms with Crippen LogP contribution in [0.1, 0.15) is 17.3 Å². The van der Waals surface area contributed by atoms with Gasteiger partial charge >= 0.3 is 17.9 Å². The molecule has 25 heavy (non-hydrogen) atoms. The SMILES string of the molecule is CCOC(=O)c1ccc(N2COCC(C(=O)OC)=C2C(=O)OC)cc1. The van der Waals surface area contributed by atoms with E-state index in [-0.39, 0.29) is 31.2 Å². The van der Waals surface area contributed by atoms with Crippen LogP contribution >= 0.6 is 0 Å². The highest BCUT2D eigenvalue weighted by Crippen LogP contribution is 2.27. The van der Waals surface area contributed by atoms with Gasteiger partial charge in [-0.2, -0.15) is 0 Å². The Morgan fingerprint density at radius 3 is 2.24 bits per heavy atom. The molecule has 0 saturated heterocycles. The van der Waals surface area contributed by atoms with Crippen LogP contribution in [0.4, 0.5) is 5.69 Å². The van der Waals surface area contributed by atoms with Crippen molar-refractivity contribution in [3.63, 3.8) is 0 Å². The van der Waals surface area contributed by atoms with E-state index in [4.69, 9.17) is 18.9 Å². The van der Waals surface area contributed by atoms with Crippen LogP contribution in [0.15, 0.2) is 35.5 Å². The normalized spacial score (nSPS) is 14.1. The number of carbonyl (C=O) groups excluding carboxylic acids is 3. The minimum Gasteiger partial charge on any atom is -0.466 e. The van der Waals surface area contributed by atoms with Gasteiger partial charge in [-0.25, -0.2) is 14.4 Å². The van der Waals surface area contributed by atoms with Crippen LogP contribution in [0.5, 0.6) is 0 Å². The molecule has 0 aliphatic carbocycles. The Bertz CT molecular complexity index is 693. The first-order valence-electron chi connectivity index (χ1n) is 7.55. The van der Waals surface area contributed by atoms with Gasteiger partial charge in [0.1, 0.15) is 12.4 Å². The van der Waals surface area contributed by atoms with Crippen LogP contribution in [-0.2, 0) is 28.5 Å². The lowest BCUT2D eigenvalue weighted by atomic mass is 10.1. The van der Waals surface area contributed by atoms with Gasteiger partial charge < -0.3 is 23.8 Å². The Balaban J connectivity index is 2.40. The van der Waals surface area contributed by atoms with Crippen molar-refractivity contribution in [1.29, 1.82) is 0 Å². The fraction of sp³-hybridized carbons (Fsp3) is 0.353. The van der Waals surface area contributed by atoms with E-state index < -0.39 is 17.9 Å². The van der Waals surface area contributed by atoms with Gasteiger partial charge in [-0.15, -0.1) is 0 Å². The molecule has 0 N–H and O–H groups in total. The molecule has 134 valence electrons. The number of esters is 3. The van der Waals surface area contributed by atoms with Crippen molar-refractivity contribution in [2.45, 2.75) is 6.92 Å². The summed E-state index contributed by atoms with van der Waals surface area (Å²) in [7, 11) is 2.44. The van der Waals surface area contributed by atoms with Gasteiger partial charge in [-0.1, -0.05) is 0 Å². The number of rotatable bonds is 5. The molecule has 1 aromatic rings. The third-order valence-electron chi connectivity index (χ3n) is 3.52. The third kappa shape index (κ3) is 3.97. The van der Waals surface area contributed by atoms with Gasteiger partial charge in [0.2, 0.25) is 0 Å². The van der Waals surface area contributed by atoms with E-state index in [1.54, 1.807) is 31.2 Å². The van der Waals surface area contributed by atoms with E-state index in [1.165, 1.54) is 19.1 Å². The summed E-state index contributed by atoms with van der Waals surface area (Å²) in [6.07, 6.45) is 0. The molecule has 0 radical (unpaired) electrons. The average Bonchev–Trinajstić information content (AvgIpc) is 2.66. The van der Waals surface area contributed by atoms with Crippen molar-refractivity contribution < 1.29 is 33.3 Å². The fourth-order valence-electron chi connectivity index (χ4n) is 2.34. The van der Waals surface area contributed by atoms with Gasteiger partial charge in [0.25, 0.3) is 0 Å². The molecule has 8 heteroatoms. The van der Waals surface area contributed by atoms with Gasteiger partial charge in [0, 0.05) is 5.69 Å². The number of ether oxygens (including phenoxy) is 4. The minimum absolute atomic E-state index is 0.0453. The number of hydrogen-bond acceptors (Lipinski definition) is 8. The molecule has 1 aromatic carbocycles. The second kappa shape index (κ2) is 8.29. The Hall–Kier alpha value is -2.87. The van der Waals surface area contributed by atoms with Crippen LogP contribution in [0.25, 0.3) is 0 Å². The lowest BCUT2D eigenvalue weighted by Crippen LogP contribution is -2.38. The van der Waals surface area contributed by atoms with Crippen LogP contribution < -0.4 is 4.90 Å². The number of carbonyl (C=O) groups is 3. The molecule has 1 heterocycles. The van der Waals surface area contributed by atoms with Crippen molar-refractivity contribution in [3.05, 3.63) is 41.1 Å². The maximum Gasteiger partial charge on any atom is 0.355 e. The molecule has 0 saturated carbocycles. The molecule has 0 spiro atoms. The lowest BCUT2D eigenvalue weighted by molar-refractivity contribution is -0.140. The molecule has 8 nitrogen and oxygen atoms in total. The molecule has 0 unspecified atom stereocenters. The van der Waals surface area contributed by atoms with E-state index in [1.807, 2.05) is 0 Å². The zero-order valence-corrected chi connectivity index (χ0v) is 14.2. The average molecular weight is 349 g/mol. The molecule has 0 atom stereocenters. The third-order valence-corrected chi connectivity index (χ3v) is 3.52. The van der Waals surface area contributed by atoms with Crippen LogP contribution in [0, 0.1) is 0 Å². The Labute approximate surface area is 144 Å². The zero-order valence-electron chi connectivity index (χ0n) is 14.2. The van der Waals surface area contributed by atoms with Gasteiger partial charge in [-0.05, 0) is 31.2 Å². The molecule has 0 bridgehead atoms. The lowest BCUT2D eigenvalue weighted by Gasteiger charge is -2.31. The van der Waals surface area contributed by atoms with Crippen molar-refractivity contribution in [2.75, 3.05) is 39.1 Å². The first kappa shape index (κ1) is 18.5. The molecule has 1 aliphatic rings. The largest absolute Gasteiger partial charge is 0.466 e. The van der Waals surface area contributed by atoms with Gasteiger partial charge in [0.05, 0.1) is 38.6 Å².